The topological polar surface area (TPSA) is 38.5 Å². The third-order valence-electron chi connectivity index (χ3n) is 7.00. The van der Waals surface area contributed by atoms with Gasteiger partial charge in [-0.15, -0.1) is 0 Å². The van der Waals surface area contributed by atoms with E-state index in [0.29, 0.717) is 28.5 Å². The van der Waals surface area contributed by atoms with Gasteiger partial charge in [-0.1, -0.05) is 59.0 Å². The highest BCUT2D eigenvalue weighted by molar-refractivity contribution is 6.39. The molecule has 6 heteroatoms. The average Bonchev–Trinajstić information content (AvgIpc) is 3.58. The normalized spacial score (nSPS) is 20.9. The van der Waals surface area contributed by atoms with E-state index in [1.165, 1.54) is 11.3 Å². The molecule has 2 heterocycles. The van der Waals surface area contributed by atoms with Crippen LogP contribution in [0.2, 0.25) is 10.0 Å². The number of hydrogen-bond acceptors (Lipinski definition) is 4. The number of anilines is 1. The summed E-state index contributed by atoms with van der Waals surface area (Å²) in [6, 6.07) is 14.3. The van der Waals surface area contributed by atoms with Crippen LogP contribution in [0, 0.1) is 12.8 Å². The molecule has 0 bridgehead atoms. The number of nitrogens with zero attached hydrogens (tertiary/aromatic N) is 2. The quantitative estimate of drug-likeness (QED) is 0.344. The number of aryl methyl sites for hydroxylation is 1. The van der Waals surface area contributed by atoms with Gasteiger partial charge in [0.2, 0.25) is 0 Å². The summed E-state index contributed by atoms with van der Waals surface area (Å²) in [5, 5.41) is 5.56. The van der Waals surface area contributed by atoms with E-state index in [4.69, 9.17) is 32.5 Å². The maximum Gasteiger partial charge on any atom is 0.145 e. The molecule has 4 nitrogen and oxygen atoms in total. The summed E-state index contributed by atoms with van der Waals surface area (Å²) in [5.74, 6) is 1.83. The zero-order valence-corrected chi connectivity index (χ0v) is 20.7. The minimum absolute atomic E-state index is 0.202. The van der Waals surface area contributed by atoms with Gasteiger partial charge >= 0.3 is 0 Å². The SMILES string of the molecule is CCC1CN(c2ccc(C)cc2)CCC1OCc1c(-c2c(Cl)cccc2Cl)noc1C1CC1. The molecule has 33 heavy (non-hydrogen) atoms. The highest BCUT2D eigenvalue weighted by Gasteiger charge is 2.35. The van der Waals surface area contributed by atoms with Crippen LogP contribution in [0.5, 0.6) is 0 Å². The molecular weight excluding hydrogens is 455 g/mol. The summed E-state index contributed by atoms with van der Waals surface area (Å²) in [7, 11) is 0. The minimum atomic E-state index is 0.202. The van der Waals surface area contributed by atoms with Gasteiger partial charge in [-0.05, 0) is 56.9 Å². The van der Waals surface area contributed by atoms with Gasteiger partial charge in [-0.3, -0.25) is 0 Å². The number of piperidine rings is 1. The van der Waals surface area contributed by atoms with Crippen molar-refractivity contribution in [1.82, 2.24) is 5.16 Å². The fourth-order valence-electron chi connectivity index (χ4n) is 4.85. The van der Waals surface area contributed by atoms with Crippen LogP contribution in [0.1, 0.15) is 55.4 Å². The first-order chi connectivity index (χ1) is 16.0. The van der Waals surface area contributed by atoms with Gasteiger partial charge in [-0.2, -0.15) is 0 Å². The summed E-state index contributed by atoms with van der Waals surface area (Å²) < 4.78 is 12.4. The summed E-state index contributed by atoms with van der Waals surface area (Å²) in [5.41, 5.74) is 5.04. The first-order valence-corrected chi connectivity index (χ1v) is 12.7. The summed E-state index contributed by atoms with van der Waals surface area (Å²) in [6.45, 7) is 6.85. The van der Waals surface area contributed by atoms with Gasteiger partial charge in [0.05, 0.1) is 22.8 Å². The van der Waals surface area contributed by atoms with Gasteiger partial charge < -0.3 is 14.2 Å². The van der Waals surface area contributed by atoms with Crippen LogP contribution in [0.4, 0.5) is 5.69 Å². The van der Waals surface area contributed by atoms with Crippen molar-refractivity contribution < 1.29 is 9.26 Å². The fraction of sp³-hybridized carbons (Fsp3) is 0.444. The second-order valence-electron chi connectivity index (χ2n) is 9.33. The van der Waals surface area contributed by atoms with E-state index >= 15 is 0 Å². The molecule has 0 N–H and O–H groups in total. The lowest BCUT2D eigenvalue weighted by Gasteiger charge is -2.39. The summed E-state index contributed by atoms with van der Waals surface area (Å²) in [4.78, 5) is 2.48. The third kappa shape index (κ3) is 4.80. The Labute approximate surface area is 205 Å². The minimum Gasteiger partial charge on any atom is -0.373 e. The second kappa shape index (κ2) is 9.69. The molecule has 2 fully saturated rings. The molecule has 0 amide bonds. The van der Waals surface area contributed by atoms with Crippen LogP contribution < -0.4 is 4.90 Å². The van der Waals surface area contributed by atoms with Crippen molar-refractivity contribution in [2.45, 2.75) is 58.2 Å². The smallest absolute Gasteiger partial charge is 0.145 e. The van der Waals surface area contributed by atoms with Crippen molar-refractivity contribution in [2.75, 3.05) is 18.0 Å². The number of rotatable bonds is 7. The molecule has 3 aromatic rings. The Kier molecular flexibility index (Phi) is 6.69. The lowest BCUT2D eigenvalue weighted by molar-refractivity contribution is -0.0117. The van der Waals surface area contributed by atoms with E-state index in [1.54, 1.807) is 0 Å². The van der Waals surface area contributed by atoms with Crippen LogP contribution in [0.25, 0.3) is 11.3 Å². The fourth-order valence-corrected chi connectivity index (χ4v) is 5.43. The van der Waals surface area contributed by atoms with Crippen molar-refractivity contribution in [3.05, 3.63) is 69.4 Å². The Hall–Kier alpha value is -2.01. The van der Waals surface area contributed by atoms with Crippen molar-refractivity contribution >= 4 is 28.9 Å². The average molecular weight is 485 g/mol. The number of aromatic nitrogens is 1. The molecule has 2 atom stereocenters. The van der Waals surface area contributed by atoms with Crippen LogP contribution >= 0.6 is 23.2 Å². The van der Waals surface area contributed by atoms with E-state index in [0.717, 1.165) is 61.4 Å². The lowest BCUT2D eigenvalue weighted by atomic mass is 9.91. The van der Waals surface area contributed by atoms with Crippen molar-refractivity contribution in [2.24, 2.45) is 5.92 Å². The number of hydrogen-bond donors (Lipinski definition) is 0. The van der Waals surface area contributed by atoms with E-state index in [1.807, 2.05) is 18.2 Å². The van der Waals surface area contributed by atoms with Gasteiger partial charge in [0.15, 0.2) is 0 Å². The zero-order valence-electron chi connectivity index (χ0n) is 19.2. The first-order valence-electron chi connectivity index (χ1n) is 11.9. The molecule has 1 aromatic heterocycles. The monoisotopic (exact) mass is 484 g/mol. The molecule has 2 aliphatic rings. The Morgan fingerprint density at radius 2 is 1.79 bits per heavy atom. The van der Waals surface area contributed by atoms with Crippen LogP contribution in [-0.2, 0) is 11.3 Å². The first kappa shape index (κ1) is 22.8. The van der Waals surface area contributed by atoms with Crippen molar-refractivity contribution in [3.63, 3.8) is 0 Å². The Morgan fingerprint density at radius 1 is 1.06 bits per heavy atom. The standard InChI is InChI=1S/C27H30Cl2N2O2/c1-3-18-15-31(20-11-7-17(2)8-12-20)14-13-24(18)32-16-21-26(30-33-27(21)19-9-10-19)25-22(28)5-4-6-23(25)29/h4-8,11-12,18-19,24H,3,9-10,13-16H2,1-2H3. The van der Waals surface area contributed by atoms with Gasteiger partial charge in [0.25, 0.3) is 0 Å². The van der Waals surface area contributed by atoms with E-state index in [9.17, 15) is 0 Å². The third-order valence-corrected chi connectivity index (χ3v) is 7.63. The van der Waals surface area contributed by atoms with Crippen molar-refractivity contribution in [3.8, 4) is 11.3 Å². The van der Waals surface area contributed by atoms with Crippen LogP contribution in [-0.4, -0.2) is 24.4 Å². The van der Waals surface area contributed by atoms with Gasteiger partial charge in [-0.25, -0.2) is 0 Å². The molecule has 2 unspecified atom stereocenters. The van der Waals surface area contributed by atoms with Crippen LogP contribution in [0.15, 0.2) is 47.0 Å². The number of ether oxygens (including phenoxy) is 1. The summed E-state index contributed by atoms with van der Waals surface area (Å²) >= 11 is 13.0. The maximum absolute atomic E-state index is 6.58. The molecule has 174 valence electrons. The maximum atomic E-state index is 6.58. The molecule has 0 radical (unpaired) electrons. The largest absolute Gasteiger partial charge is 0.373 e. The molecule has 1 saturated carbocycles. The molecular formula is C27H30Cl2N2O2. The van der Waals surface area contributed by atoms with E-state index < -0.39 is 0 Å². The van der Waals surface area contributed by atoms with E-state index in [-0.39, 0.29) is 6.10 Å². The molecule has 1 saturated heterocycles. The molecule has 2 aromatic carbocycles. The summed E-state index contributed by atoms with van der Waals surface area (Å²) in [6.07, 6.45) is 4.54. The number of halogens is 2. The molecule has 0 spiro atoms. The van der Waals surface area contributed by atoms with Crippen molar-refractivity contribution in [1.29, 1.82) is 0 Å². The highest BCUT2D eigenvalue weighted by atomic mass is 35.5. The lowest BCUT2D eigenvalue weighted by Crippen LogP contribution is -2.44. The van der Waals surface area contributed by atoms with Crippen LogP contribution in [0.3, 0.4) is 0 Å². The number of benzene rings is 2. The Morgan fingerprint density at radius 3 is 2.45 bits per heavy atom. The van der Waals surface area contributed by atoms with Gasteiger partial charge in [0.1, 0.15) is 11.5 Å². The zero-order chi connectivity index (χ0) is 22.9. The predicted octanol–water partition coefficient (Wildman–Crippen LogP) is 7.66. The Bertz CT molecular complexity index is 1090. The van der Waals surface area contributed by atoms with E-state index in [2.05, 4.69) is 48.2 Å². The second-order valence-corrected chi connectivity index (χ2v) is 10.1. The van der Waals surface area contributed by atoms with Gasteiger partial charge in [0, 0.05) is 41.7 Å². The molecule has 1 aliphatic carbocycles. The highest BCUT2D eigenvalue weighted by Crippen LogP contribution is 2.46. The Balaban J connectivity index is 1.34. The molecule has 5 rings (SSSR count). The molecule has 1 aliphatic heterocycles. The predicted molar refractivity (Wildman–Crippen MR) is 134 cm³/mol.